The van der Waals surface area contributed by atoms with Gasteiger partial charge in [-0.3, -0.25) is 0 Å². The standard InChI is InChI=1S/C10H9NO4/c1-6-11-10-7(14-5-9(12)13)3-2-4-8(10)15-6/h2-4H,5H2,1H3,(H,12,13). The zero-order valence-corrected chi connectivity index (χ0v) is 8.06. The van der Waals surface area contributed by atoms with Gasteiger partial charge in [0.05, 0.1) is 0 Å². The minimum atomic E-state index is -1.02. The van der Waals surface area contributed by atoms with Crippen LogP contribution in [0.25, 0.3) is 11.1 Å². The molecule has 0 radical (unpaired) electrons. The smallest absolute Gasteiger partial charge is 0.341 e. The molecule has 0 saturated heterocycles. The second-order valence-electron chi connectivity index (χ2n) is 3.02. The van der Waals surface area contributed by atoms with E-state index >= 15 is 0 Å². The molecule has 1 aromatic heterocycles. The number of aromatic nitrogens is 1. The van der Waals surface area contributed by atoms with Crippen molar-refractivity contribution in [2.45, 2.75) is 6.92 Å². The molecular weight excluding hydrogens is 198 g/mol. The Morgan fingerprint density at radius 3 is 3.13 bits per heavy atom. The lowest BCUT2D eigenvalue weighted by atomic mass is 10.3. The third kappa shape index (κ3) is 1.90. The van der Waals surface area contributed by atoms with E-state index in [9.17, 15) is 4.79 Å². The number of oxazole rings is 1. The van der Waals surface area contributed by atoms with Gasteiger partial charge in [-0.15, -0.1) is 0 Å². The molecule has 0 fully saturated rings. The van der Waals surface area contributed by atoms with Gasteiger partial charge in [-0.2, -0.15) is 0 Å². The lowest BCUT2D eigenvalue weighted by Gasteiger charge is -2.01. The minimum Gasteiger partial charge on any atom is -0.479 e. The van der Waals surface area contributed by atoms with Gasteiger partial charge in [0.1, 0.15) is 5.75 Å². The molecule has 2 aromatic rings. The zero-order valence-electron chi connectivity index (χ0n) is 8.06. The highest BCUT2D eigenvalue weighted by Gasteiger charge is 2.09. The number of hydrogen-bond donors (Lipinski definition) is 1. The Kier molecular flexibility index (Phi) is 2.29. The van der Waals surface area contributed by atoms with Crippen molar-refractivity contribution in [3.63, 3.8) is 0 Å². The van der Waals surface area contributed by atoms with Crippen molar-refractivity contribution >= 4 is 17.1 Å². The molecule has 1 N–H and O–H groups in total. The monoisotopic (exact) mass is 207 g/mol. The SMILES string of the molecule is Cc1nc2c(OCC(=O)O)cccc2o1. The third-order valence-corrected chi connectivity index (χ3v) is 1.84. The summed E-state index contributed by atoms with van der Waals surface area (Å²) in [4.78, 5) is 14.5. The van der Waals surface area contributed by atoms with Gasteiger partial charge in [0.25, 0.3) is 0 Å². The lowest BCUT2D eigenvalue weighted by molar-refractivity contribution is -0.139. The van der Waals surface area contributed by atoms with Gasteiger partial charge in [-0.05, 0) is 12.1 Å². The van der Waals surface area contributed by atoms with E-state index in [1.54, 1.807) is 25.1 Å². The van der Waals surface area contributed by atoms with Gasteiger partial charge < -0.3 is 14.3 Å². The van der Waals surface area contributed by atoms with Gasteiger partial charge in [0.2, 0.25) is 0 Å². The van der Waals surface area contributed by atoms with Crippen molar-refractivity contribution in [1.82, 2.24) is 4.98 Å². The number of nitrogens with zero attached hydrogens (tertiary/aromatic N) is 1. The number of para-hydroxylation sites is 1. The Bertz CT molecular complexity index is 503. The predicted octanol–water partition coefficient (Wildman–Crippen LogP) is 1.60. The Balaban J connectivity index is 2.37. The molecule has 0 aliphatic carbocycles. The van der Waals surface area contributed by atoms with E-state index in [1.807, 2.05) is 0 Å². The van der Waals surface area contributed by atoms with Crippen LogP contribution in [0.1, 0.15) is 5.89 Å². The second kappa shape index (κ2) is 3.61. The number of aliphatic carboxylic acids is 1. The quantitative estimate of drug-likeness (QED) is 0.827. The first-order chi connectivity index (χ1) is 7.16. The summed E-state index contributed by atoms with van der Waals surface area (Å²) in [5.41, 5.74) is 1.15. The van der Waals surface area contributed by atoms with E-state index in [-0.39, 0.29) is 6.61 Å². The van der Waals surface area contributed by atoms with E-state index in [1.165, 1.54) is 0 Å². The molecule has 5 heteroatoms. The van der Waals surface area contributed by atoms with Crippen molar-refractivity contribution in [2.75, 3.05) is 6.61 Å². The minimum absolute atomic E-state index is 0.384. The van der Waals surface area contributed by atoms with Crippen LogP contribution in [-0.4, -0.2) is 22.7 Å². The first-order valence-electron chi connectivity index (χ1n) is 4.37. The lowest BCUT2D eigenvalue weighted by Crippen LogP contribution is -2.09. The molecule has 0 aliphatic heterocycles. The highest BCUT2D eigenvalue weighted by molar-refractivity contribution is 5.80. The predicted molar refractivity (Wildman–Crippen MR) is 51.9 cm³/mol. The fourth-order valence-corrected chi connectivity index (χ4v) is 1.29. The van der Waals surface area contributed by atoms with Crippen molar-refractivity contribution < 1.29 is 19.1 Å². The molecule has 1 heterocycles. The number of rotatable bonds is 3. The Labute approximate surface area is 85.3 Å². The molecule has 78 valence electrons. The fraction of sp³-hybridized carbons (Fsp3) is 0.200. The summed E-state index contributed by atoms with van der Waals surface area (Å²) in [7, 11) is 0. The van der Waals surface area contributed by atoms with E-state index in [0.29, 0.717) is 22.7 Å². The molecule has 0 atom stereocenters. The van der Waals surface area contributed by atoms with E-state index in [4.69, 9.17) is 14.3 Å². The summed E-state index contributed by atoms with van der Waals surface area (Å²) in [6, 6.07) is 5.14. The highest BCUT2D eigenvalue weighted by Crippen LogP contribution is 2.25. The number of ether oxygens (including phenoxy) is 1. The Morgan fingerprint density at radius 2 is 2.40 bits per heavy atom. The molecule has 15 heavy (non-hydrogen) atoms. The van der Waals surface area contributed by atoms with E-state index < -0.39 is 5.97 Å². The molecule has 1 aromatic carbocycles. The van der Waals surface area contributed by atoms with Gasteiger partial charge in [0, 0.05) is 6.92 Å². The summed E-state index contributed by atoms with van der Waals surface area (Å²) in [6.07, 6.45) is 0. The first-order valence-corrected chi connectivity index (χ1v) is 4.37. The summed E-state index contributed by atoms with van der Waals surface area (Å²) in [5.74, 6) is -0.0738. The summed E-state index contributed by atoms with van der Waals surface area (Å²) in [5, 5.41) is 8.48. The third-order valence-electron chi connectivity index (χ3n) is 1.84. The summed E-state index contributed by atoms with van der Waals surface area (Å²) >= 11 is 0. The molecule has 0 spiro atoms. The van der Waals surface area contributed by atoms with Crippen molar-refractivity contribution in [3.8, 4) is 5.75 Å². The number of fused-ring (bicyclic) bond motifs is 1. The first kappa shape index (κ1) is 9.51. The molecule has 0 unspecified atom stereocenters. The van der Waals surface area contributed by atoms with Crippen molar-refractivity contribution in [2.24, 2.45) is 0 Å². The van der Waals surface area contributed by atoms with Crippen LogP contribution in [0, 0.1) is 6.92 Å². The number of carboxylic acids is 1. The Morgan fingerprint density at radius 1 is 1.60 bits per heavy atom. The molecule has 0 bridgehead atoms. The van der Waals surface area contributed by atoms with Crippen LogP contribution in [-0.2, 0) is 4.79 Å². The maximum absolute atomic E-state index is 10.3. The molecular formula is C10H9NO4. The van der Waals surface area contributed by atoms with Crippen LogP contribution in [0.5, 0.6) is 5.75 Å². The normalized spacial score (nSPS) is 10.5. The van der Waals surface area contributed by atoms with Crippen molar-refractivity contribution in [3.05, 3.63) is 24.1 Å². The largest absolute Gasteiger partial charge is 0.479 e. The topological polar surface area (TPSA) is 72.6 Å². The second-order valence-corrected chi connectivity index (χ2v) is 3.02. The van der Waals surface area contributed by atoms with Crippen LogP contribution in [0.4, 0.5) is 0 Å². The van der Waals surface area contributed by atoms with Crippen LogP contribution in [0.15, 0.2) is 22.6 Å². The van der Waals surface area contributed by atoms with Gasteiger partial charge in [0.15, 0.2) is 23.6 Å². The fourth-order valence-electron chi connectivity index (χ4n) is 1.29. The van der Waals surface area contributed by atoms with Gasteiger partial charge in [-0.25, -0.2) is 9.78 Å². The average Bonchev–Trinajstić information content (AvgIpc) is 2.55. The van der Waals surface area contributed by atoms with Crippen LogP contribution < -0.4 is 4.74 Å². The van der Waals surface area contributed by atoms with E-state index in [2.05, 4.69) is 4.98 Å². The van der Waals surface area contributed by atoms with Crippen molar-refractivity contribution in [1.29, 1.82) is 0 Å². The maximum Gasteiger partial charge on any atom is 0.341 e. The highest BCUT2D eigenvalue weighted by atomic mass is 16.5. The number of hydrogen-bond acceptors (Lipinski definition) is 4. The number of carbonyl (C=O) groups is 1. The van der Waals surface area contributed by atoms with Crippen LogP contribution in [0.3, 0.4) is 0 Å². The number of benzene rings is 1. The summed E-state index contributed by atoms with van der Waals surface area (Å²) < 4.78 is 10.3. The zero-order chi connectivity index (χ0) is 10.8. The number of aryl methyl sites for hydroxylation is 1. The Hall–Kier alpha value is -2.04. The van der Waals surface area contributed by atoms with Gasteiger partial charge >= 0.3 is 5.97 Å². The van der Waals surface area contributed by atoms with Gasteiger partial charge in [-0.1, -0.05) is 6.07 Å². The average molecular weight is 207 g/mol. The van der Waals surface area contributed by atoms with Crippen LogP contribution >= 0.6 is 0 Å². The van der Waals surface area contributed by atoms with E-state index in [0.717, 1.165) is 0 Å². The molecule has 0 amide bonds. The molecule has 5 nitrogen and oxygen atoms in total. The summed E-state index contributed by atoms with van der Waals surface area (Å²) in [6.45, 7) is 1.34. The van der Waals surface area contributed by atoms with Crippen LogP contribution in [0.2, 0.25) is 0 Å². The molecule has 0 saturated carbocycles. The molecule has 2 rings (SSSR count). The molecule has 0 aliphatic rings. The number of carboxylic acid groups (broad SMARTS) is 1. The maximum atomic E-state index is 10.3.